The van der Waals surface area contributed by atoms with Crippen molar-refractivity contribution in [1.82, 2.24) is 25.4 Å². The minimum Gasteiger partial charge on any atom is -0.382 e. The molecule has 0 unspecified atom stereocenters. The van der Waals surface area contributed by atoms with E-state index in [1.54, 1.807) is 6.33 Å². The Labute approximate surface area is 163 Å². The highest BCUT2D eigenvalue weighted by molar-refractivity contribution is 14.0. The first-order chi connectivity index (χ1) is 11.3. The summed E-state index contributed by atoms with van der Waals surface area (Å²) < 4.78 is 7.42. The molecular weight excluding hydrogens is 419 g/mol. The Morgan fingerprint density at radius 3 is 2.71 bits per heavy atom. The molecule has 1 heterocycles. The van der Waals surface area contributed by atoms with Crippen LogP contribution in [0.15, 0.2) is 11.3 Å². The maximum Gasteiger partial charge on any atom is 0.191 e. The molecule has 2 N–H and O–H groups in total. The van der Waals surface area contributed by atoms with Gasteiger partial charge in [-0.1, -0.05) is 20.3 Å². The Morgan fingerprint density at radius 1 is 1.21 bits per heavy atom. The van der Waals surface area contributed by atoms with Gasteiger partial charge in [0.2, 0.25) is 0 Å². The lowest BCUT2D eigenvalue weighted by atomic mass is 10.3. The summed E-state index contributed by atoms with van der Waals surface area (Å²) in [6, 6.07) is 0. The van der Waals surface area contributed by atoms with Crippen molar-refractivity contribution in [3.8, 4) is 0 Å². The number of guanidine groups is 1. The van der Waals surface area contributed by atoms with Gasteiger partial charge in [-0.3, -0.25) is 4.99 Å². The van der Waals surface area contributed by atoms with Crippen LogP contribution in [0.5, 0.6) is 0 Å². The number of ether oxygens (including phenoxy) is 1. The van der Waals surface area contributed by atoms with Crippen molar-refractivity contribution in [3.05, 3.63) is 12.2 Å². The number of rotatable bonds is 12. The predicted molar refractivity (Wildman–Crippen MR) is 109 cm³/mol. The second kappa shape index (κ2) is 15.6. The van der Waals surface area contributed by atoms with Gasteiger partial charge in [-0.2, -0.15) is 0 Å². The minimum atomic E-state index is 0. The third kappa shape index (κ3) is 10.1. The lowest BCUT2D eigenvalue weighted by molar-refractivity contribution is 0.146. The standard InChI is InChI=1S/C16H32N6O.HI/c1-4-7-9-17-16(18-10-8-13-23-6-3)19-11-12-22-14-20-21-15(22)5-2;/h14H,4-13H2,1-3H3,(H2,17,18,19);1H. The molecule has 0 aliphatic rings. The fourth-order valence-electron chi connectivity index (χ4n) is 2.09. The monoisotopic (exact) mass is 452 g/mol. The highest BCUT2D eigenvalue weighted by Gasteiger charge is 2.02. The van der Waals surface area contributed by atoms with Gasteiger partial charge in [-0.05, 0) is 19.8 Å². The van der Waals surface area contributed by atoms with Crippen molar-refractivity contribution in [2.75, 3.05) is 32.8 Å². The second-order valence-corrected chi connectivity index (χ2v) is 5.28. The first kappa shape index (κ1) is 23.1. The van der Waals surface area contributed by atoms with E-state index in [1.807, 2.05) is 6.92 Å². The van der Waals surface area contributed by atoms with Gasteiger partial charge in [0.25, 0.3) is 0 Å². The third-order valence-corrected chi connectivity index (χ3v) is 3.40. The number of aromatic nitrogens is 3. The van der Waals surface area contributed by atoms with Gasteiger partial charge in [0.15, 0.2) is 5.96 Å². The highest BCUT2D eigenvalue weighted by Crippen LogP contribution is 1.94. The smallest absolute Gasteiger partial charge is 0.191 e. The molecule has 8 heteroatoms. The summed E-state index contributed by atoms with van der Waals surface area (Å²) in [5, 5.41) is 14.8. The number of nitrogens with zero attached hydrogens (tertiary/aromatic N) is 4. The Balaban J connectivity index is 0.00000529. The second-order valence-electron chi connectivity index (χ2n) is 5.28. The van der Waals surface area contributed by atoms with E-state index in [2.05, 4.69) is 44.2 Å². The molecular formula is C16H33IN6O. The quantitative estimate of drug-likeness (QED) is 0.220. The third-order valence-electron chi connectivity index (χ3n) is 3.40. The van der Waals surface area contributed by atoms with Gasteiger partial charge in [0, 0.05) is 45.8 Å². The van der Waals surface area contributed by atoms with Gasteiger partial charge in [0.1, 0.15) is 12.2 Å². The summed E-state index contributed by atoms with van der Waals surface area (Å²) in [4.78, 5) is 4.60. The number of hydrogen-bond acceptors (Lipinski definition) is 4. The largest absolute Gasteiger partial charge is 0.382 e. The summed E-state index contributed by atoms with van der Waals surface area (Å²) in [7, 11) is 0. The highest BCUT2D eigenvalue weighted by atomic mass is 127. The molecule has 0 spiro atoms. The van der Waals surface area contributed by atoms with Crippen LogP contribution in [-0.2, 0) is 17.7 Å². The molecule has 0 atom stereocenters. The Hall–Kier alpha value is -0.900. The molecule has 140 valence electrons. The van der Waals surface area contributed by atoms with Crippen molar-refractivity contribution < 1.29 is 4.74 Å². The van der Waals surface area contributed by atoms with Crippen LogP contribution in [0, 0.1) is 0 Å². The maximum absolute atomic E-state index is 5.34. The molecule has 0 bridgehead atoms. The zero-order valence-corrected chi connectivity index (χ0v) is 17.6. The van der Waals surface area contributed by atoms with Crippen molar-refractivity contribution >= 4 is 29.9 Å². The lowest BCUT2D eigenvalue weighted by Crippen LogP contribution is -2.39. The van der Waals surface area contributed by atoms with Crippen LogP contribution in [0.25, 0.3) is 0 Å². The van der Waals surface area contributed by atoms with Gasteiger partial charge in [0.05, 0.1) is 0 Å². The van der Waals surface area contributed by atoms with Crippen molar-refractivity contribution in [2.45, 2.75) is 53.0 Å². The van der Waals surface area contributed by atoms with E-state index in [9.17, 15) is 0 Å². The van der Waals surface area contributed by atoms with Crippen LogP contribution in [-0.4, -0.2) is 53.6 Å². The molecule has 0 saturated carbocycles. The first-order valence-electron chi connectivity index (χ1n) is 8.78. The van der Waals surface area contributed by atoms with E-state index in [-0.39, 0.29) is 24.0 Å². The fraction of sp³-hybridized carbons (Fsp3) is 0.812. The summed E-state index contributed by atoms with van der Waals surface area (Å²) >= 11 is 0. The van der Waals surface area contributed by atoms with Crippen molar-refractivity contribution in [3.63, 3.8) is 0 Å². The summed E-state index contributed by atoms with van der Waals surface area (Å²) in [5.74, 6) is 1.89. The van der Waals surface area contributed by atoms with E-state index >= 15 is 0 Å². The van der Waals surface area contributed by atoms with Gasteiger partial charge >= 0.3 is 0 Å². The number of nitrogens with one attached hydrogen (secondary N) is 2. The van der Waals surface area contributed by atoms with E-state index in [0.717, 1.165) is 70.4 Å². The number of aryl methyl sites for hydroxylation is 1. The molecule has 1 aromatic rings. The van der Waals surface area contributed by atoms with E-state index in [4.69, 9.17) is 4.74 Å². The molecule has 0 aliphatic heterocycles. The maximum atomic E-state index is 5.34. The number of hydrogen-bond donors (Lipinski definition) is 2. The zero-order valence-electron chi connectivity index (χ0n) is 15.3. The van der Waals surface area contributed by atoms with E-state index < -0.39 is 0 Å². The van der Waals surface area contributed by atoms with Crippen LogP contribution in [0.2, 0.25) is 0 Å². The Bertz CT molecular complexity index is 438. The Kier molecular flexibility index (Phi) is 15.0. The number of halogens is 1. The van der Waals surface area contributed by atoms with E-state index in [1.165, 1.54) is 6.42 Å². The van der Waals surface area contributed by atoms with Gasteiger partial charge in [-0.25, -0.2) is 0 Å². The molecule has 0 fully saturated rings. The summed E-state index contributed by atoms with van der Waals surface area (Å²) in [6.07, 6.45) is 5.94. The average molecular weight is 452 g/mol. The van der Waals surface area contributed by atoms with Crippen LogP contribution >= 0.6 is 24.0 Å². The molecule has 0 aliphatic carbocycles. The Morgan fingerprint density at radius 2 is 2.00 bits per heavy atom. The molecule has 0 aromatic carbocycles. The molecule has 0 amide bonds. The SMILES string of the molecule is CCCCNC(=NCCCOCC)NCCn1cnnc1CC.I. The predicted octanol–water partition coefficient (Wildman–Crippen LogP) is 2.22. The molecule has 7 nitrogen and oxygen atoms in total. The van der Waals surface area contributed by atoms with E-state index in [0.29, 0.717) is 0 Å². The zero-order chi connectivity index (χ0) is 16.8. The number of unbranched alkanes of at least 4 members (excludes halogenated alkanes) is 1. The molecule has 0 radical (unpaired) electrons. The summed E-state index contributed by atoms with van der Waals surface area (Å²) in [5.41, 5.74) is 0. The van der Waals surface area contributed by atoms with Crippen LogP contribution in [0.4, 0.5) is 0 Å². The number of aliphatic imine (C=N–C) groups is 1. The van der Waals surface area contributed by atoms with Crippen molar-refractivity contribution in [1.29, 1.82) is 0 Å². The molecule has 1 aromatic heterocycles. The van der Waals surface area contributed by atoms with Crippen molar-refractivity contribution in [2.24, 2.45) is 4.99 Å². The van der Waals surface area contributed by atoms with Crippen LogP contribution in [0.1, 0.15) is 45.9 Å². The lowest BCUT2D eigenvalue weighted by Gasteiger charge is -2.13. The first-order valence-corrected chi connectivity index (χ1v) is 8.78. The minimum absolute atomic E-state index is 0. The molecule has 0 saturated heterocycles. The normalized spacial score (nSPS) is 11.2. The fourth-order valence-corrected chi connectivity index (χ4v) is 2.09. The van der Waals surface area contributed by atoms with Crippen LogP contribution in [0.3, 0.4) is 0 Å². The van der Waals surface area contributed by atoms with Crippen LogP contribution < -0.4 is 10.6 Å². The summed E-state index contributed by atoms with van der Waals surface area (Å²) in [6.45, 7) is 11.2. The molecule has 24 heavy (non-hydrogen) atoms. The molecule has 1 rings (SSSR count). The van der Waals surface area contributed by atoms with Gasteiger partial charge in [-0.15, -0.1) is 34.2 Å². The van der Waals surface area contributed by atoms with Gasteiger partial charge < -0.3 is 19.9 Å². The topological polar surface area (TPSA) is 76.4 Å². The average Bonchev–Trinajstić information content (AvgIpc) is 3.02.